The molecule has 0 spiro atoms. The highest BCUT2D eigenvalue weighted by Crippen LogP contribution is 2.41. The molecule has 170 valence electrons. The molecule has 8 nitrogen and oxygen atoms in total. The lowest BCUT2D eigenvalue weighted by atomic mass is 9.74. The van der Waals surface area contributed by atoms with Crippen LogP contribution in [0.4, 0.5) is 0 Å². The van der Waals surface area contributed by atoms with Gasteiger partial charge in [-0.15, -0.1) is 0 Å². The average Bonchev–Trinajstić information content (AvgIpc) is 3.01. The summed E-state index contributed by atoms with van der Waals surface area (Å²) in [4.78, 5) is 44.3. The molecule has 2 heterocycles. The Bertz CT molecular complexity index is 965. The Labute approximate surface area is 187 Å². The Morgan fingerprint density at radius 2 is 2.03 bits per heavy atom. The van der Waals surface area contributed by atoms with Gasteiger partial charge in [0.2, 0.25) is 17.7 Å². The van der Waals surface area contributed by atoms with E-state index >= 15 is 0 Å². The minimum Gasteiger partial charge on any atom is -0.487 e. The van der Waals surface area contributed by atoms with Gasteiger partial charge in [-0.05, 0) is 37.1 Å². The van der Waals surface area contributed by atoms with Gasteiger partial charge in [0.15, 0.2) is 0 Å². The highest BCUT2D eigenvalue weighted by atomic mass is 16.5. The molecule has 1 fully saturated rings. The quantitative estimate of drug-likeness (QED) is 0.569. The van der Waals surface area contributed by atoms with E-state index in [0.29, 0.717) is 11.3 Å². The largest absolute Gasteiger partial charge is 0.487 e. The van der Waals surface area contributed by atoms with Crippen molar-refractivity contribution in [3.05, 3.63) is 59.9 Å². The van der Waals surface area contributed by atoms with Crippen LogP contribution >= 0.6 is 0 Å². The molecule has 0 saturated carbocycles. The third-order valence-electron chi connectivity index (χ3n) is 5.61. The summed E-state index contributed by atoms with van der Waals surface area (Å²) in [6.07, 6.45) is 2.79. The molecule has 3 amide bonds. The first-order valence-corrected chi connectivity index (χ1v) is 10.6. The Morgan fingerprint density at radius 3 is 2.72 bits per heavy atom. The number of nitrogens with one attached hydrogen (secondary N) is 1. The number of amides is 3. The summed E-state index contributed by atoms with van der Waals surface area (Å²) in [7, 11) is 1.52. The maximum absolute atomic E-state index is 13.4. The lowest BCUT2D eigenvalue weighted by Crippen LogP contribution is -2.44. The minimum atomic E-state index is -1.23. The van der Waals surface area contributed by atoms with Crippen molar-refractivity contribution < 1.29 is 23.9 Å². The molecule has 0 radical (unpaired) electrons. The monoisotopic (exact) mass is 439 g/mol. The van der Waals surface area contributed by atoms with Gasteiger partial charge >= 0.3 is 0 Å². The van der Waals surface area contributed by atoms with Crippen LogP contribution in [0.5, 0.6) is 5.75 Å². The van der Waals surface area contributed by atoms with E-state index < -0.39 is 5.41 Å². The number of likely N-dealkylation sites (tertiary alicyclic amines) is 1. The molecular weight excluding hydrogens is 410 g/mol. The van der Waals surface area contributed by atoms with E-state index in [4.69, 9.17) is 9.47 Å². The number of carbonyl (C=O) groups excluding carboxylic acids is 3. The SMILES string of the molecule is COCCN1C(=O)C[C@](CC(=O)NC[C@H](C)Oc2cccnc2)(c2ccccc2C)C1=O. The van der Waals surface area contributed by atoms with Crippen LogP contribution < -0.4 is 10.1 Å². The number of benzene rings is 1. The summed E-state index contributed by atoms with van der Waals surface area (Å²) in [6.45, 7) is 4.39. The number of hydrogen-bond acceptors (Lipinski definition) is 6. The molecule has 1 saturated heterocycles. The van der Waals surface area contributed by atoms with Gasteiger partial charge in [0, 0.05) is 26.1 Å². The molecule has 1 aromatic heterocycles. The van der Waals surface area contributed by atoms with Crippen molar-refractivity contribution in [2.75, 3.05) is 26.8 Å². The number of carbonyl (C=O) groups is 3. The lowest BCUT2D eigenvalue weighted by Gasteiger charge is -2.28. The molecular formula is C24H29N3O5. The van der Waals surface area contributed by atoms with E-state index in [2.05, 4.69) is 10.3 Å². The maximum Gasteiger partial charge on any atom is 0.240 e. The van der Waals surface area contributed by atoms with Crippen LogP contribution in [-0.4, -0.2) is 60.5 Å². The van der Waals surface area contributed by atoms with Crippen LogP contribution in [0.2, 0.25) is 0 Å². The standard InChI is InChI=1S/C24H29N3O5/c1-17-7-4-5-9-20(17)24(14-22(29)27(23(24)30)11-12-31-3)13-21(28)26-15-18(2)32-19-8-6-10-25-16-19/h4-10,16,18H,11-15H2,1-3H3,(H,26,28)/t18-,24+/m0/s1. The number of methoxy groups -OCH3 is 1. The third-order valence-corrected chi connectivity index (χ3v) is 5.61. The zero-order valence-electron chi connectivity index (χ0n) is 18.7. The van der Waals surface area contributed by atoms with Crippen LogP contribution in [0.3, 0.4) is 0 Å². The Balaban J connectivity index is 1.75. The summed E-state index contributed by atoms with van der Waals surface area (Å²) < 4.78 is 10.8. The number of aromatic nitrogens is 1. The molecule has 1 aromatic carbocycles. The van der Waals surface area contributed by atoms with Crippen molar-refractivity contribution in [2.45, 2.75) is 38.2 Å². The first-order chi connectivity index (χ1) is 15.4. The van der Waals surface area contributed by atoms with Crippen molar-refractivity contribution in [1.29, 1.82) is 0 Å². The summed E-state index contributed by atoms with van der Waals surface area (Å²) in [5.41, 5.74) is 0.338. The minimum absolute atomic E-state index is 0.0461. The normalized spacial score (nSPS) is 19.2. The van der Waals surface area contributed by atoms with E-state index in [1.54, 1.807) is 24.5 Å². The number of ether oxygens (including phenoxy) is 2. The Kier molecular flexibility index (Phi) is 7.58. The molecule has 3 rings (SSSR count). The fourth-order valence-corrected chi connectivity index (χ4v) is 4.05. The molecule has 0 bridgehead atoms. The smallest absolute Gasteiger partial charge is 0.240 e. The second-order valence-electron chi connectivity index (χ2n) is 8.02. The number of pyridine rings is 1. The van der Waals surface area contributed by atoms with Gasteiger partial charge in [-0.2, -0.15) is 0 Å². The number of nitrogens with zero attached hydrogens (tertiary/aromatic N) is 2. The molecule has 2 aromatic rings. The van der Waals surface area contributed by atoms with E-state index in [9.17, 15) is 14.4 Å². The van der Waals surface area contributed by atoms with Crippen LogP contribution in [0.1, 0.15) is 30.9 Å². The third kappa shape index (κ3) is 5.13. The molecule has 32 heavy (non-hydrogen) atoms. The Morgan fingerprint density at radius 1 is 1.25 bits per heavy atom. The molecule has 0 aliphatic carbocycles. The average molecular weight is 440 g/mol. The van der Waals surface area contributed by atoms with Crippen molar-refractivity contribution in [2.24, 2.45) is 0 Å². The predicted molar refractivity (Wildman–Crippen MR) is 118 cm³/mol. The predicted octanol–water partition coefficient (Wildman–Crippen LogP) is 2.01. The van der Waals surface area contributed by atoms with Gasteiger partial charge in [-0.1, -0.05) is 24.3 Å². The second-order valence-corrected chi connectivity index (χ2v) is 8.02. The van der Waals surface area contributed by atoms with Gasteiger partial charge in [0.25, 0.3) is 0 Å². The fraction of sp³-hybridized carbons (Fsp3) is 0.417. The number of imide groups is 1. The van der Waals surface area contributed by atoms with Crippen LogP contribution in [-0.2, 0) is 24.5 Å². The number of rotatable bonds is 10. The molecule has 1 aliphatic rings. The van der Waals surface area contributed by atoms with Gasteiger partial charge in [0.05, 0.1) is 31.3 Å². The van der Waals surface area contributed by atoms with Gasteiger partial charge in [0.1, 0.15) is 11.9 Å². The molecule has 0 unspecified atom stereocenters. The summed E-state index contributed by atoms with van der Waals surface area (Å²) >= 11 is 0. The van der Waals surface area contributed by atoms with Crippen LogP contribution in [0, 0.1) is 6.92 Å². The zero-order valence-corrected chi connectivity index (χ0v) is 18.7. The summed E-state index contributed by atoms with van der Waals surface area (Å²) in [6, 6.07) is 11.0. The first-order valence-electron chi connectivity index (χ1n) is 10.6. The fourth-order valence-electron chi connectivity index (χ4n) is 4.05. The molecule has 2 atom stereocenters. The highest BCUT2D eigenvalue weighted by Gasteiger charge is 2.54. The molecule has 1 aliphatic heterocycles. The molecule has 1 N–H and O–H groups in total. The van der Waals surface area contributed by atoms with Gasteiger partial charge < -0.3 is 14.8 Å². The lowest BCUT2D eigenvalue weighted by molar-refractivity contribution is -0.141. The number of aryl methyl sites for hydroxylation is 1. The summed E-state index contributed by atoms with van der Waals surface area (Å²) in [5.74, 6) is -0.361. The van der Waals surface area contributed by atoms with Crippen LogP contribution in [0.15, 0.2) is 48.8 Å². The Hall–Kier alpha value is -3.26. The van der Waals surface area contributed by atoms with E-state index in [0.717, 1.165) is 5.56 Å². The van der Waals surface area contributed by atoms with Crippen molar-refractivity contribution in [1.82, 2.24) is 15.2 Å². The van der Waals surface area contributed by atoms with E-state index in [-0.39, 0.29) is 56.4 Å². The van der Waals surface area contributed by atoms with Gasteiger partial charge in [-0.25, -0.2) is 0 Å². The molecule has 8 heteroatoms. The maximum atomic E-state index is 13.4. The summed E-state index contributed by atoms with van der Waals surface area (Å²) in [5, 5.41) is 2.85. The zero-order chi connectivity index (χ0) is 23.1. The van der Waals surface area contributed by atoms with E-state index in [1.807, 2.05) is 38.1 Å². The number of hydrogen-bond donors (Lipinski definition) is 1. The topological polar surface area (TPSA) is 97.8 Å². The van der Waals surface area contributed by atoms with E-state index in [1.165, 1.54) is 12.0 Å². The first kappa shape index (κ1) is 23.4. The van der Waals surface area contributed by atoms with Crippen molar-refractivity contribution >= 4 is 17.7 Å². The highest BCUT2D eigenvalue weighted by molar-refractivity contribution is 6.11. The van der Waals surface area contributed by atoms with Gasteiger partial charge in [-0.3, -0.25) is 24.3 Å². The van der Waals surface area contributed by atoms with Crippen molar-refractivity contribution in [3.63, 3.8) is 0 Å². The van der Waals surface area contributed by atoms with Crippen LogP contribution in [0.25, 0.3) is 0 Å². The second kappa shape index (κ2) is 10.4. The van der Waals surface area contributed by atoms with Crippen molar-refractivity contribution in [3.8, 4) is 5.75 Å².